The van der Waals surface area contributed by atoms with Gasteiger partial charge in [0.1, 0.15) is 22.2 Å². The third kappa shape index (κ3) is 6.30. The molecule has 0 spiro atoms. The average molecular weight is 606 g/mol. The van der Waals surface area contributed by atoms with Gasteiger partial charge in [0.25, 0.3) is 10.0 Å². The van der Waals surface area contributed by atoms with Gasteiger partial charge in [-0.05, 0) is 51.1 Å². The maximum absolute atomic E-state index is 15.9. The van der Waals surface area contributed by atoms with Gasteiger partial charge in [0.15, 0.2) is 17.2 Å². The van der Waals surface area contributed by atoms with Crippen LogP contribution in [0.4, 0.5) is 29.6 Å². The van der Waals surface area contributed by atoms with Crippen molar-refractivity contribution in [3.63, 3.8) is 0 Å². The smallest absolute Gasteiger partial charge is 0.407 e. The van der Waals surface area contributed by atoms with E-state index >= 15 is 4.39 Å². The van der Waals surface area contributed by atoms with Crippen LogP contribution in [0.1, 0.15) is 32.0 Å². The first kappa shape index (κ1) is 30.3. The Morgan fingerprint density at radius 3 is 2.60 bits per heavy atom. The number of methoxy groups -OCH3 is 1. The lowest BCUT2D eigenvalue weighted by molar-refractivity contribution is -0.125. The second kappa shape index (κ2) is 11.7. The molecule has 42 heavy (non-hydrogen) atoms. The summed E-state index contributed by atoms with van der Waals surface area (Å²) >= 11 is 0. The molecule has 1 amide bonds. The van der Waals surface area contributed by atoms with Crippen molar-refractivity contribution >= 4 is 44.9 Å². The second-order valence-electron chi connectivity index (χ2n) is 9.68. The van der Waals surface area contributed by atoms with Gasteiger partial charge in [-0.15, -0.1) is 0 Å². The summed E-state index contributed by atoms with van der Waals surface area (Å²) in [5.74, 6) is -4.00. The number of aromatic nitrogens is 2. The van der Waals surface area contributed by atoms with Gasteiger partial charge in [0.2, 0.25) is 11.7 Å². The number of halogens is 3. The molecule has 0 bridgehead atoms. The largest absolute Gasteiger partial charge is 0.477 e. The van der Waals surface area contributed by atoms with Crippen LogP contribution in [0.5, 0.6) is 0 Å². The molecular formula is C27H26F3N5O6S. The van der Waals surface area contributed by atoms with E-state index in [0.717, 1.165) is 12.1 Å². The topological polar surface area (TPSA) is 149 Å². The highest BCUT2D eigenvalue weighted by Crippen LogP contribution is 2.42. The molecule has 1 aromatic heterocycles. The van der Waals surface area contributed by atoms with Crippen molar-refractivity contribution in [1.82, 2.24) is 15.3 Å². The van der Waals surface area contributed by atoms with E-state index in [-0.39, 0.29) is 41.1 Å². The monoisotopic (exact) mass is 605 g/mol. The first-order valence-corrected chi connectivity index (χ1v) is 13.9. The maximum Gasteiger partial charge on any atom is 0.407 e. The molecule has 0 saturated carbocycles. The van der Waals surface area contributed by atoms with E-state index in [1.165, 1.54) is 45.4 Å². The summed E-state index contributed by atoms with van der Waals surface area (Å²) in [5, 5.41) is 5.50. The minimum absolute atomic E-state index is 0.0914. The van der Waals surface area contributed by atoms with Gasteiger partial charge in [-0.3, -0.25) is 9.52 Å². The molecule has 2 aromatic carbocycles. The van der Waals surface area contributed by atoms with Gasteiger partial charge in [-0.1, -0.05) is 12.1 Å². The molecule has 3 N–H and O–H groups in total. The van der Waals surface area contributed by atoms with Crippen LogP contribution in [-0.2, 0) is 24.3 Å². The van der Waals surface area contributed by atoms with Crippen molar-refractivity contribution in [2.24, 2.45) is 0 Å². The molecule has 3 aromatic rings. The zero-order chi connectivity index (χ0) is 30.8. The van der Waals surface area contributed by atoms with E-state index in [9.17, 15) is 26.8 Å². The van der Waals surface area contributed by atoms with E-state index in [0.29, 0.717) is 12.1 Å². The van der Waals surface area contributed by atoms with Gasteiger partial charge < -0.3 is 20.1 Å². The van der Waals surface area contributed by atoms with E-state index in [1.807, 2.05) is 4.72 Å². The van der Waals surface area contributed by atoms with E-state index in [1.54, 1.807) is 6.92 Å². The maximum atomic E-state index is 15.9. The highest BCUT2D eigenvalue weighted by atomic mass is 32.2. The van der Waals surface area contributed by atoms with Gasteiger partial charge in [0.05, 0.1) is 18.4 Å². The minimum atomic E-state index is -4.76. The molecule has 222 valence electrons. The number of carbonyl (C=O) groups is 2. The predicted octanol–water partition coefficient (Wildman–Crippen LogP) is 4.10. The number of Topliss-reactive ketones (excluding diaryl/α,β-unsaturated/α-hetero) is 1. The standard InChI is InChI=1S/C27H26F3N5O6S/c1-14(33-26(37)40-4)13-32-25-31-11-10-19(34-25)23-21(24(36)27(2,3)41-23)16-6-5-7-18(22(16)30)35-42(38,39)20-12-15(28)8-9-17(20)29/h5-12,14,35H,13H2,1-4H3,(H,33,37)(H,31,32,34). The molecule has 1 unspecified atom stereocenters. The fraction of sp³-hybridized carbons (Fsp3) is 0.259. The minimum Gasteiger partial charge on any atom is -0.477 e. The third-order valence-electron chi connectivity index (χ3n) is 6.06. The van der Waals surface area contributed by atoms with Crippen molar-refractivity contribution in [3.8, 4) is 0 Å². The summed E-state index contributed by atoms with van der Waals surface area (Å²) in [6.07, 6.45) is 0.753. The second-order valence-corrected chi connectivity index (χ2v) is 11.3. The van der Waals surface area contributed by atoms with Crippen LogP contribution in [0, 0.1) is 17.5 Å². The Kier molecular flexibility index (Phi) is 8.43. The van der Waals surface area contributed by atoms with E-state index in [4.69, 9.17) is 4.74 Å². The van der Waals surface area contributed by atoms with Crippen LogP contribution in [0.25, 0.3) is 11.3 Å². The van der Waals surface area contributed by atoms with Crippen molar-refractivity contribution in [3.05, 3.63) is 77.4 Å². The van der Waals surface area contributed by atoms with Gasteiger partial charge >= 0.3 is 6.09 Å². The van der Waals surface area contributed by atoms with Crippen molar-refractivity contribution in [2.75, 3.05) is 23.7 Å². The Bertz CT molecular complexity index is 1700. The number of rotatable bonds is 9. The number of nitrogens with one attached hydrogen (secondary N) is 3. The molecule has 1 aliphatic rings. The molecule has 0 saturated heterocycles. The predicted molar refractivity (Wildman–Crippen MR) is 146 cm³/mol. The molecule has 11 nitrogen and oxygen atoms in total. The summed E-state index contributed by atoms with van der Waals surface area (Å²) in [6, 6.07) is 6.49. The number of amides is 1. The van der Waals surface area contributed by atoms with Crippen molar-refractivity contribution in [2.45, 2.75) is 37.3 Å². The number of carbonyl (C=O) groups excluding carboxylic acids is 2. The molecule has 1 aliphatic heterocycles. The lowest BCUT2D eigenvalue weighted by Crippen LogP contribution is -2.37. The summed E-state index contributed by atoms with van der Waals surface area (Å²) in [4.78, 5) is 32.3. The lowest BCUT2D eigenvalue weighted by atomic mass is 9.92. The van der Waals surface area contributed by atoms with Crippen LogP contribution in [0.15, 0.2) is 53.6 Å². The summed E-state index contributed by atoms with van der Waals surface area (Å²) in [5.41, 5.74) is -2.47. The first-order valence-electron chi connectivity index (χ1n) is 12.4. The number of hydrogen-bond acceptors (Lipinski definition) is 9. The number of ketones is 1. The number of sulfonamides is 1. The molecule has 15 heteroatoms. The molecule has 1 atom stereocenters. The van der Waals surface area contributed by atoms with Gasteiger partial charge in [-0.25, -0.2) is 36.4 Å². The number of anilines is 2. The fourth-order valence-electron chi connectivity index (χ4n) is 3.99. The number of benzene rings is 2. The lowest BCUT2D eigenvalue weighted by Gasteiger charge is -2.18. The summed E-state index contributed by atoms with van der Waals surface area (Å²) in [6.45, 7) is 4.86. The number of hydrogen-bond donors (Lipinski definition) is 3. The highest BCUT2D eigenvalue weighted by molar-refractivity contribution is 7.92. The summed E-state index contributed by atoms with van der Waals surface area (Å²) < 4.78 is 81.6. The Hall–Kier alpha value is -4.66. The van der Waals surface area contributed by atoms with Crippen molar-refractivity contribution < 1.29 is 40.7 Å². The van der Waals surface area contributed by atoms with E-state index in [2.05, 4.69) is 25.3 Å². The first-order chi connectivity index (χ1) is 19.7. The molecule has 4 rings (SSSR count). The van der Waals surface area contributed by atoms with Crippen LogP contribution >= 0.6 is 0 Å². The van der Waals surface area contributed by atoms with Crippen LogP contribution < -0.4 is 15.4 Å². The Morgan fingerprint density at radius 2 is 1.88 bits per heavy atom. The highest BCUT2D eigenvalue weighted by Gasteiger charge is 2.44. The molecule has 0 fully saturated rings. The zero-order valence-corrected chi connectivity index (χ0v) is 23.6. The molecule has 0 aliphatic carbocycles. The average Bonchev–Trinajstić information content (AvgIpc) is 3.18. The third-order valence-corrected chi connectivity index (χ3v) is 7.44. The quantitative estimate of drug-likeness (QED) is 0.328. The Morgan fingerprint density at radius 1 is 1.14 bits per heavy atom. The SMILES string of the molecule is COC(=O)NC(C)CNc1nccc(C2=C(c3cccc(NS(=O)(=O)c4cc(F)ccc4F)c3F)C(=O)C(C)(C)O2)n1. The Balaban J connectivity index is 1.71. The number of alkyl carbamates (subject to hydrolysis) is 1. The zero-order valence-electron chi connectivity index (χ0n) is 22.8. The Labute approximate surface area is 239 Å². The van der Waals surface area contributed by atoms with Crippen molar-refractivity contribution in [1.29, 1.82) is 0 Å². The fourth-order valence-corrected chi connectivity index (χ4v) is 5.14. The van der Waals surface area contributed by atoms with Gasteiger partial charge in [0, 0.05) is 24.3 Å². The molecular weight excluding hydrogens is 579 g/mol. The molecule has 0 radical (unpaired) electrons. The van der Waals surface area contributed by atoms with Crippen LogP contribution in [0.3, 0.4) is 0 Å². The van der Waals surface area contributed by atoms with Crippen LogP contribution in [-0.4, -0.2) is 55.6 Å². The number of ether oxygens (including phenoxy) is 2. The summed E-state index contributed by atoms with van der Waals surface area (Å²) in [7, 11) is -3.53. The number of nitrogens with zero attached hydrogens (tertiary/aromatic N) is 2. The van der Waals surface area contributed by atoms with E-state index < -0.39 is 55.5 Å². The normalized spacial score (nSPS) is 15.2. The molecule has 2 heterocycles. The van der Waals surface area contributed by atoms with Gasteiger partial charge in [-0.2, -0.15) is 0 Å². The van der Waals surface area contributed by atoms with Crippen LogP contribution in [0.2, 0.25) is 0 Å².